The topological polar surface area (TPSA) is 78.4 Å². The SMILES string of the molecule is O=C(O)CC(NC(=O)c1cc(Cl)ccc1NCc1cccc2ccccc12)c1ccc(-c2ccc(C3CCCCC3)cc2)cc1. The minimum absolute atomic E-state index is 0.249. The van der Waals surface area contributed by atoms with E-state index in [4.69, 9.17) is 11.6 Å². The highest BCUT2D eigenvalue weighted by Crippen LogP contribution is 2.34. The summed E-state index contributed by atoms with van der Waals surface area (Å²) in [4.78, 5) is 25.5. The van der Waals surface area contributed by atoms with E-state index in [9.17, 15) is 14.7 Å². The number of rotatable bonds is 10. The molecule has 1 fully saturated rings. The van der Waals surface area contributed by atoms with Gasteiger partial charge in [0.15, 0.2) is 0 Å². The average molecular weight is 617 g/mol. The van der Waals surface area contributed by atoms with E-state index < -0.39 is 17.9 Å². The minimum Gasteiger partial charge on any atom is -0.481 e. The molecule has 5 aromatic rings. The fourth-order valence-corrected chi connectivity index (χ4v) is 6.62. The zero-order valence-corrected chi connectivity index (χ0v) is 25.9. The molecule has 5 aromatic carbocycles. The number of halogens is 1. The Labute approximate surface area is 269 Å². The summed E-state index contributed by atoms with van der Waals surface area (Å²) in [6.45, 7) is 0.505. The molecule has 6 rings (SSSR count). The molecule has 5 nitrogen and oxygen atoms in total. The van der Waals surface area contributed by atoms with Crippen LogP contribution in [-0.4, -0.2) is 17.0 Å². The summed E-state index contributed by atoms with van der Waals surface area (Å²) < 4.78 is 0. The van der Waals surface area contributed by atoms with E-state index in [-0.39, 0.29) is 6.42 Å². The van der Waals surface area contributed by atoms with E-state index in [0.29, 0.717) is 28.7 Å². The highest BCUT2D eigenvalue weighted by Gasteiger charge is 2.22. The Morgan fingerprint density at radius 1 is 0.800 bits per heavy atom. The van der Waals surface area contributed by atoms with Crippen LogP contribution < -0.4 is 10.6 Å². The van der Waals surface area contributed by atoms with Crippen LogP contribution in [0.2, 0.25) is 5.02 Å². The van der Waals surface area contributed by atoms with Gasteiger partial charge in [-0.3, -0.25) is 9.59 Å². The van der Waals surface area contributed by atoms with Crippen LogP contribution in [0.5, 0.6) is 0 Å². The van der Waals surface area contributed by atoms with Crippen LogP contribution in [0.25, 0.3) is 21.9 Å². The number of carboxylic acids is 1. The van der Waals surface area contributed by atoms with Gasteiger partial charge in [-0.15, -0.1) is 0 Å². The summed E-state index contributed by atoms with van der Waals surface area (Å²) >= 11 is 6.32. The minimum atomic E-state index is -0.997. The van der Waals surface area contributed by atoms with E-state index in [0.717, 1.165) is 33.0 Å². The molecule has 1 unspecified atom stereocenters. The van der Waals surface area contributed by atoms with Crippen LogP contribution in [0.3, 0.4) is 0 Å². The number of hydrogen-bond donors (Lipinski definition) is 3. The van der Waals surface area contributed by atoms with Crippen molar-refractivity contribution in [1.29, 1.82) is 0 Å². The maximum Gasteiger partial charge on any atom is 0.305 e. The molecule has 0 aliphatic heterocycles. The van der Waals surface area contributed by atoms with Crippen molar-refractivity contribution in [2.45, 2.75) is 57.0 Å². The molecule has 0 heterocycles. The third-order valence-corrected chi connectivity index (χ3v) is 9.13. The summed E-state index contributed by atoms with van der Waals surface area (Å²) in [6, 6.07) is 35.3. The Balaban J connectivity index is 1.18. The lowest BCUT2D eigenvalue weighted by Gasteiger charge is -2.22. The standard InChI is InChI=1S/C39H37ClN2O3/c40-33-21-22-36(41-25-32-11-6-10-30-9-4-5-12-34(30)32)35(23-33)39(45)42-37(24-38(43)44)31-19-17-29(18-20-31)28-15-13-27(14-16-28)26-7-2-1-3-8-26/h4-6,9-23,26,37,41H,1-3,7-8,24-25H2,(H,42,45)(H,43,44). The van der Waals surface area contributed by atoms with Crippen LogP contribution >= 0.6 is 11.6 Å². The molecule has 0 bridgehead atoms. The van der Waals surface area contributed by atoms with Crippen molar-refractivity contribution in [1.82, 2.24) is 5.32 Å². The molecule has 0 aromatic heterocycles. The molecule has 0 radical (unpaired) electrons. The predicted molar refractivity (Wildman–Crippen MR) is 183 cm³/mol. The summed E-state index contributed by atoms with van der Waals surface area (Å²) in [5.74, 6) is -0.737. The van der Waals surface area contributed by atoms with Crippen LogP contribution in [0, 0.1) is 0 Å². The number of carboxylic acid groups (broad SMARTS) is 1. The number of carbonyl (C=O) groups excluding carboxylic acids is 1. The zero-order chi connectivity index (χ0) is 31.2. The lowest BCUT2D eigenvalue weighted by molar-refractivity contribution is -0.137. The summed E-state index contributed by atoms with van der Waals surface area (Å²) in [7, 11) is 0. The maximum atomic E-state index is 13.7. The van der Waals surface area contributed by atoms with Gasteiger partial charge in [-0.1, -0.05) is 122 Å². The van der Waals surface area contributed by atoms with Gasteiger partial charge >= 0.3 is 5.97 Å². The van der Waals surface area contributed by atoms with Gasteiger partial charge in [-0.25, -0.2) is 0 Å². The number of aliphatic carboxylic acids is 1. The van der Waals surface area contributed by atoms with Gasteiger partial charge in [0.1, 0.15) is 0 Å². The Bertz CT molecular complexity index is 1790. The first-order chi connectivity index (χ1) is 21.9. The second kappa shape index (κ2) is 14.0. The van der Waals surface area contributed by atoms with Gasteiger partial charge in [-0.2, -0.15) is 0 Å². The van der Waals surface area contributed by atoms with E-state index in [1.807, 2.05) is 42.5 Å². The molecule has 0 saturated heterocycles. The normalized spacial score (nSPS) is 14.2. The van der Waals surface area contributed by atoms with Crippen LogP contribution in [0.4, 0.5) is 5.69 Å². The fraction of sp³-hybridized carbons (Fsp3) is 0.231. The molecule has 1 atom stereocenters. The quantitative estimate of drug-likeness (QED) is 0.146. The monoisotopic (exact) mass is 616 g/mol. The van der Waals surface area contributed by atoms with E-state index in [1.54, 1.807) is 18.2 Å². The summed E-state index contributed by atoms with van der Waals surface area (Å²) in [6.07, 6.45) is 6.24. The van der Waals surface area contributed by atoms with Crippen LogP contribution in [0.15, 0.2) is 109 Å². The molecule has 6 heteroatoms. The molecule has 228 valence electrons. The number of amides is 1. The third-order valence-electron chi connectivity index (χ3n) is 8.89. The molecule has 1 saturated carbocycles. The highest BCUT2D eigenvalue weighted by atomic mass is 35.5. The predicted octanol–water partition coefficient (Wildman–Crippen LogP) is 9.77. The first kappa shape index (κ1) is 30.4. The van der Waals surface area contributed by atoms with Gasteiger partial charge < -0.3 is 15.7 Å². The largest absolute Gasteiger partial charge is 0.481 e. The Hall–Kier alpha value is -4.61. The molecule has 1 amide bonds. The average Bonchev–Trinajstić information content (AvgIpc) is 3.07. The molecular weight excluding hydrogens is 580 g/mol. The molecular formula is C39H37ClN2O3. The summed E-state index contributed by atoms with van der Waals surface area (Å²) in [5.41, 5.74) is 6.36. The molecule has 45 heavy (non-hydrogen) atoms. The van der Waals surface area contributed by atoms with E-state index >= 15 is 0 Å². The van der Waals surface area contributed by atoms with Gasteiger partial charge in [0.25, 0.3) is 5.91 Å². The van der Waals surface area contributed by atoms with Crippen molar-refractivity contribution in [2.75, 3.05) is 5.32 Å². The molecule has 1 aliphatic carbocycles. The second-order valence-electron chi connectivity index (χ2n) is 11.9. The van der Waals surface area contributed by atoms with Crippen molar-refractivity contribution in [3.8, 4) is 11.1 Å². The zero-order valence-electron chi connectivity index (χ0n) is 25.1. The smallest absolute Gasteiger partial charge is 0.305 e. The van der Waals surface area contributed by atoms with Crippen molar-refractivity contribution in [2.24, 2.45) is 0 Å². The van der Waals surface area contributed by atoms with Crippen LogP contribution in [-0.2, 0) is 11.3 Å². The number of anilines is 1. The van der Waals surface area contributed by atoms with Gasteiger partial charge in [0.05, 0.1) is 18.0 Å². The van der Waals surface area contributed by atoms with Crippen molar-refractivity contribution < 1.29 is 14.7 Å². The lowest BCUT2D eigenvalue weighted by atomic mass is 9.83. The van der Waals surface area contributed by atoms with Gasteiger partial charge in [0, 0.05) is 17.3 Å². The number of nitrogens with one attached hydrogen (secondary N) is 2. The lowest BCUT2D eigenvalue weighted by Crippen LogP contribution is -2.30. The Morgan fingerprint density at radius 2 is 1.49 bits per heavy atom. The van der Waals surface area contributed by atoms with Crippen LogP contribution in [0.1, 0.15) is 77.5 Å². The van der Waals surface area contributed by atoms with Crippen molar-refractivity contribution in [3.05, 3.63) is 136 Å². The third kappa shape index (κ3) is 7.38. The number of fused-ring (bicyclic) bond motifs is 1. The van der Waals surface area contributed by atoms with E-state index in [1.165, 1.54) is 37.7 Å². The van der Waals surface area contributed by atoms with Gasteiger partial charge in [-0.05, 0) is 75.5 Å². The van der Waals surface area contributed by atoms with Crippen molar-refractivity contribution in [3.63, 3.8) is 0 Å². The number of hydrogen-bond acceptors (Lipinski definition) is 3. The highest BCUT2D eigenvalue weighted by molar-refractivity contribution is 6.31. The molecule has 1 aliphatic rings. The Kier molecular flexibility index (Phi) is 9.46. The second-order valence-corrected chi connectivity index (χ2v) is 12.3. The first-order valence-corrected chi connectivity index (χ1v) is 16.1. The molecule has 3 N–H and O–H groups in total. The Morgan fingerprint density at radius 3 is 2.22 bits per heavy atom. The fourth-order valence-electron chi connectivity index (χ4n) is 6.45. The number of benzene rings is 5. The first-order valence-electron chi connectivity index (χ1n) is 15.7. The van der Waals surface area contributed by atoms with Crippen molar-refractivity contribution >= 4 is 39.9 Å². The molecule has 0 spiro atoms. The van der Waals surface area contributed by atoms with E-state index in [2.05, 4.69) is 59.2 Å². The van der Waals surface area contributed by atoms with Gasteiger partial charge in [0.2, 0.25) is 0 Å². The maximum absolute atomic E-state index is 13.7. The number of carbonyl (C=O) groups is 2. The summed E-state index contributed by atoms with van der Waals surface area (Å²) in [5, 5.41) is 18.8.